The summed E-state index contributed by atoms with van der Waals surface area (Å²) >= 11 is 1.37. The van der Waals surface area contributed by atoms with Crippen LogP contribution in [0.15, 0.2) is 54.7 Å². The van der Waals surface area contributed by atoms with Gasteiger partial charge in [0.1, 0.15) is 11.6 Å². The Bertz CT molecular complexity index is 1300. The van der Waals surface area contributed by atoms with E-state index >= 15 is 0 Å². The predicted molar refractivity (Wildman–Crippen MR) is 152 cm³/mol. The number of nitrogens with one attached hydrogen (secondary N) is 2. The lowest BCUT2D eigenvalue weighted by molar-refractivity contribution is -0.134. The van der Waals surface area contributed by atoms with Crippen LogP contribution >= 0.6 is 11.3 Å². The lowest BCUT2D eigenvalue weighted by atomic mass is 9.93. The third-order valence-electron chi connectivity index (χ3n) is 6.23. The number of alkyl carbamates (subject to hydrolysis) is 1. The molecule has 2 aromatic heterocycles. The van der Waals surface area contributed by atoms with Crippen LogP contribution in [-0.2, 0) is 20.7 Å². The van der Waals surface area contributed by atoms with Crippen LogP contribution in [0.1, 0.15) is 57.7 Å². The minimum atomic E-state index is -0.746. The summed E-state index contributed by atoms with van der Waals surface area (Å²) in [5.41, 5.74) is 1.97. The van der Waals surface area contributed by atoms with Gasteiger partial charge in [0.25, 0.3) is 0 Å². The van der Waals surface area contributed by atoms with Gasteiger partial charge in [0.2, 0.25) is 11.8 Å². The largest absolute Gasteiger partial charge is 0.444 e. The van der Waals surface area contributed by atoms with Gasteiger partial charge in [-0.2, -0.15) is 0 Å². The number of pyridine rings is 1. The maximum Gasteiger partial charge on any atom is 0.408 e. The molecule has 0 aliphatic carbocycles. The van der Waals surface area contributed by atoms with E-state index in [0.29, 0.717) is 24.6 Å². The number of piperidine rings is 1. The summed E-state index contributed by atoms with van der Waals surface area (Å²) in [5.74, 6) is -0.242. The molecular weight excluding hydrogens is 514 g/mol. The Morgan fingerprint density at radius 2 is 1.90 bits per heavy atom. The number of hydrogen-bond donors (Lipinski definition) is 2. The number of anilines is 1. The summed E-state index contributed by atoms with van der Waals surface area (Å²) in [5, 5.41) is 6.05. The molecule has 3 heterocycles. The third-order valence-corrected chi connectivity index (χ3v) is 7.17. The Labute approximate surface area is 233 Å². The number of benzene rings is 1. The quantitative estimate of drug-likeness (QED) is 0.429. The second kappa shape index (κ2) is 12.4. The number of carbonyl (C=O) groups is 3. The Morgan fingerprint density at radius 3 is 2.62 bits per heavy atom. The second-order valence-electron chi connectivity index (χ2n) is 10.7. The van der Waals surface area contributed by atoms with Crippen molar-refractivity contribution in [1.29, 1.82) is 0 Å². The first-order valence-corrected chi connectivity index (χ1v) is 13.9. The minimum absolute atomic E-state index is 0.0595. The molecule has 1 fully saturated rings. The van der Waals surface area contributed by atoms with E-state index in [-0.39, 0.29) is 17.7 Å². The maximum absolute atomic E-state index is 13.8. The van der Waals surface area contributed by atoms with Crippen LogP contribution in [0, 0.1) is 0 Å². The zero-order valence-electron chi connectivity index (χ0n) is 22.8. The van der Waals surface area contributed by atoms with Gasteiger partial charge < -0.3 is 20.3 Å². The van der Waals surface area contributed by atoms with Crippen molar-refractivity contribution in [2.45, 2.75) is 64.5 Å². The molecule has 3 amide bonds. The minimum Gasteiger partial charge on any atom is -0.444 e. The van der Waals surface area contributed by atoms with E-state index in [1.165, 1.54) is 18.3 Å². The molecule has 0 unspecified atom stereocenters. The highest BCUT2D eigenvalue weighted by atomic mass is 32.1. The molecule has 0 radical (unpaired) electrons. The van der Waals surface area contributed by atoms with E-state index in [1.54, 1.807) is 27.0 Å². The van der Waals surface area contributed by atoms with Crippen molar-refractivity contribution in [2.24, 2.45) is 0 Å². The van der Waals surface area contributed by atoms with Gasteiger partial charge in [-0.25, -0.2) is 9.78 Å². The normalized spacial score (nSPS) is 16.3. The highest BCUT2D eigenvalue weighted by Crippen LogP contribution is 2.31. The van der Waals surface area contributed by atoms with Crippen LogP contribution in [0.3, 0.4) is 0 Å². The molecule has 1 aromatic carbocycles. The number of carbonyl (C=O) groups excluding carboxylic acids is 3. The van der Waals surface area contributed by atoms with Crippen molar-refractivity contribution in [3.63, 3.8) is 0 Å². The molecule has 3 aromatic rings. The molecule has 1 saturated heterocycles. The number of rotatable bonds is 7. The van der Waals surface area contributed by atoms with Crippen LogP contribution in [0.2, 0.25) is 0 Å². The molecule has 2 atom stereocenters. The van der Waals surface area contributed by atoms with E-state index in [2.05, 4.69) is 15.6 Å². The first-order chi connectivity index (χ1) is 18.6. The maximum atomic E-state index is 13.8. The smallest absolute Gasteiger partial charge is 0.408 e. The molecule has 0 saturated carbocycles. The van der Waals surface area contributed by atoms with Gasteiger partial charge >= 0.3 is 6.09 Å². The van der Waals surface area contributed by atoms with Crippen LogP contribution < -0.4 is 10.6 Å². The highest BCUT2D eigenvalue weighted by molar-refractivity contribution is 7.19. The van der Waals surface area contributed by atoms with E-state index in [4.69, 9.17) is 9.72 Å². The summed E-state index contributed by atoms with van der Waals surface area (Å²) in [7, 11) is 0. The lowest BCUT2D eigenvalue weighted by Crippen LogP contribution is -2.52. The fraction of sp³-hybridized carbons (Fsp3) is 0.414. The number of amides is 3. The molecule has 1 aliphatic heterocycles. The molecule has 39 heavy (non-hydrogen) atoms. The van der Waals surface area contributed by atoms with Crippen LogP contribution in [-0.4, -0.2) is 57.5 Å². The predicted octanol–water partition coefficient (Wildman–Crippen LogP) is 5.01. The van der Waals surface area contributed by atoms with Crippen molar-refractivity contribution in [3.05, 3.63) is 66.0 Å². The number of ether oxygens (including phenoxy) is 1. The zero-order valence-corrected chi connectivity index (χ0v) is 23.6. The lowest BCUT2D eigenvalue weighted by Gasteiger charge is -2.35. The standard InChI is InChI=1S/C29H35N5O4S/c1-19(35)31-27-30-17-25(39-27)23-14-8-13-22(32-23)21-12-9-15-34(18-21)26(36)24(16-20-10-6-5-7-11-20)33-28(37)38-29(2,3)4/h5-8,10-11,13-14,17,21,24H,9,12,15-16,18H2,1-4H3,(H,33,37)(H,30,31,35)/t21-,24-/m0/s1. The Balaban J connectivity index is 1.49. The second-order valence-corrected chi connectivity index (χ2v) is 11.7. The number of thiazole rings is 1. The van der Waals surface area contributed by atoms with Gasteiger partial charge in [-0.1, -0.05) is 47.7 Å². The van der Waals surface area contributed by atoms with Crippen molar-refractivity contribution in [1.82, 2.24) is 20.2 Å². The molecule has 4 rings (SSSR count). The van der Waals surface area contributed by atoms with Crippen LogP contribution in [0.5, 0.6) is 0 Å². The SMILES string of the molecule is CC(=O)Nc1ncc(-c2cccc([C@H]3CCCN(C(=O)[C@H](Cc4ccccc4)NC(=O)OC(C)(C)C)C3)n2)s1. The van der Waals surface area contributed by atoms with Crippen LogP contribution in [0.25, 0.3) is 10.6 Å². The molecule has 206 valence electrons. The Hall–Kier alpha value is -3.79. The van der Waals surface area contributed by atoms with Gasteiger partial charge in [-0.3, -0.25) is 14.6 Å². The third kappa shape index (κ3) is 8.10. The van der Waals surface area contributed by atoms with Gasteiger partial charge in [-0.15, -0.1) is 0 Å². The highest BCUT2D eigenvalue weighted by Gasteiger charge is 2.32. The number of aromatic nitrogens is 2. The average molecular weight is 550 g/mol. The van der Waals surface area contributed by atoms with Crippen molar-refractivity contribution in [2.75, 3.05) is 18.4 Å². The first-order valence-electron chi connectivity index (χ1n) is 13.1. The number of likely N-dealkylation sites (tertiary alicyclic amines) is 1. The van der Waals surface area contributed by atoms with Crippen molar-refractivity contribution >= 4 is 34.4 Å². The fourth-order valence-corrected chi connectivity index (χ4v) is 5.39. The monoisotopic (exact) mass is 549 g/mol. The summed E-state index contributed by atoms with van der Waals surface area (Å²) in [4.78, 5) is 49.6. The van der Waals surface area contributed by atoms with Gasteiger partial charge in [-0.05, 0) is 51.3 Å². The van der Waals surface area contributed by atoms with Crippen molar-refractivity contribution < 1.29 is 19.1 Å². The van der Waals surface area contributed by atoms with Gasteiger partial charge in [0.15, 0.2) is 5.13 Å². The Kier molecular flexibility index (Phi) is 8.96. The fourth-order valence-electron chi connectivity index (χ4n) is 4.56. The number of hydrogen-bond acceptors (Lipinski definition) is 7. The van der Waals surface area contributed by atoms with Crippen LogP contribution in [0.4, 0.5) is 9.93 Å². The topological polar surface area (TPSA) is 114 Å². The molecule has 10 heteroatoms. The number of nitrogens with zero attached hydrogens (tertiary/aromatic N) is 3. The van der Waals surface area contributed by atoms with E-state index in [1.807, 2.05) is 53.4 Å². The molecule has 2 N–H and O–H groups in total. The summed E-state index contributed by atoms with van der Waals surface area (Å²) < 4.78 is 5.45. The molecule has 0 bridgehead atoms. The van der Waals surface area contributed by atoms with E-state index < -0.39 is 17.7 Å². The molecule has 9 nitrogen and oxygen atoms in total. The van der Waals surface area contributed by atoms with Gasteiger partial charge in [0, 0.05) is 44.2 Å². The van der Waals surface area contributed by atoms with E-state index in [9.17, 15) is 14.4 Å². The summed E-state index contributed by atoms with van der Waals surface area (Å²) in [6.07, 6.45) is 3.21. The van der Waals surface area contributed by atoms with Crippen molar-refractivity contribution in [3.8, 4) is 10.6 Å². The first kappa shape index (κ1) is 28.2. The zero-order chi connectivity index (χ0) is 28.0. The Morgan fingerprint density at radius 1 is 1.13 bits per heavy atom. The molecular formula is C29H35N5O4S. The summed E-state index contributed by atoms with van der Waals surface area (Å²) in [6, 6.07) is 14.8. The van der Waals surface area contributed by atoms with Gasteiger partial charge in [0.05, 0.1) is 10.6 Å². The summed E-state index contributed by atoms with van der Waals surface area (Å²) in [6.45, 7) is 7.96. The average Bonchev–Trinajstić information content (AvgIpc) is 3.35. The molecule has 1 aliphatic rings. The molecule has 0 spiro atoms. The van der Waals surface area contributed by atoms with E-state index in [0.717, 1.165) is 34.7 Å².